The van der Waals surface area contributed by atoms with Crippen LogP contribution < -0.4 is 4.74 Å². The number of pyridine rings is 1. The molecule has 1 aromatic carbocycles. The van der Waals surface area contributed by atoms with Crippen LogP contribution in [0.1, 0.15) is 5.56 Å². The van der Waals surface area contributed by atoms with Gasteiger partial charge in [-0.3, -0.25) is 0 Å². The molecule has 100 valence electrons. The zero-order valence-corrected chi connectivity index (χ0v) is 12.3. The van der Waals surface area contributed by atoms with Crippen molar-refractivity contribution in [2.24, 2.45) is 0 Å². The lowest BCUT2D eigenvalue weighted by molar-refractivity contribution is 0.421. The highest BCUT2D eigenvalue weighted by Crippen LogP contribution is 2.22. The average molecular weight is 331 g/mol. The van der Waals surface area contributed by atoms with Crippen LogP contribution in [0.2, 0.25) is 0 Å². The third-order valence-electron chi connectivity index (χ3n) is 2.68. The summed E-state index contributed by atoms with van der Waals surface area (Å²) in [5.41, 5.74) is 1.84. The van der Waals surface area contributed by atoms with Crippen molar-refractivity contribution in [1.29, 1.82) is 0 Å². The highest BCUT2D eigenvalue weighted by Gasteiger charge is 2.08. The predicted molar refractivity (Wildman–Crippen MR) is 78.1 cm³/mol. The zero-order valence-electron chi connectivity index (χ0n) is 10.7. The first-order valence-corrected chi connectivity index (χ1v) is 6.79. The van der Waals surface area contributed by atoms with Crippen LogP contribution in [0.15, 0.2) is 53.4 Å². The van der Waals surface area contributed by atoms with Crippen LogP contribution in [0.5, 0.6) is 11.9 Å². The van der Waals surface area contributed by atoms with Crippen molar-refractivity contribution in [3.63, 3.8) is 0 Å². The molecule has 0 spiro atoms. The molecule has 2 heterocycles. The van der Waals surface area contributed by atoms with Gasteiger partial charge < -0.3 is 4.74 Å². The van der Waals surface area contributed by atoms with E-state index in [-0.39, 0.29) is 6.01 Å². The Hall–Kier alpha value is -2.21. The fourth-order valence-corrected chi connectivity index (χ4v) is 2.17. The van der Waals surface area contributed by atoms with Crippen molar-refractivity contribution in [2.75, 3.05) is 0 Å². The molecule has 0 aliphatic rings. The van der Waals surface area contributed by atoms with Gasteiger partial charge in [0.05, 0.1) is 5.69 Å². The largest absolute Gasteiger partial charge is 0.404 e. The summed E-state index contributed by atoms with van der Waals surface area (Å²) in [4.78, 5) is 8.33. The molecule has 5 nitrogen and oxygen atoms in total. The first-order chi connectivity index (χ1) is 9.72. The second-order valence-corrected chi connectivity index (χ2v) is 5.10. The van der Waals surface area contributed by atoms with Crippen molar-refractivity contribution in [1.82, 2.24) is 19.7 Å². The Morgan fingerprint density at radius 1 is 1.15 bits per heavy atom. The van der Waals surface area contributed by atoms with Gasteiger partial charge in [-0.2, -0.15) is 4.98 Å². The van der Waals surface area contributed by atoms with E-state index in [4.69, 9.17) is 4.74 Å². The summed E-state index contributed by atoms with van der Waals surface area (Å²) in [5.74, 6) is 0.499. The van der Waals surface area contributed by atoms with Gasteiger partial charge in [0, 0.05) is 16.2 Å². The van der Waals surface area contributed by atoms with Gasteiger partial charge in [-0.15, -0.1) is 5.10 Å². The maximum Gasteiger partial charge on any atom is 0.342 e. The van der Waals surface area contributed by atoms with Crippen LogP contribution in [0.3, 0.4) is 0 Å². The summed E-state index contributed by atoms with van der Waals surface area (Å²) in [6, 6.07) is 11.9. The number of halogens is 1. The molecule has 3 aromatic rings. The van der Waals surface area contributed by atoms with Crippen molar-refractivity contribution in [3.8, 4) is 17.6 Å². The third-order valence-corrected chi connectivity index (χ3v) is 3.11. The Morgan fingerprint density at radius 3 is 2.70 bits per heavy atom. The maximum absolute atomic E-state index is 5.59. The van der Waals surface area contributed by atoms with Crippen molar-refractivity contribution in [2.45, 2.75) is 6.92 Å². The van der Waals surface area contributed by atoms with Gasteiger partial charge in [-0.05, 0) is 41.1 Å². The second-order valence-electron chi connectivity index (χ2n) is 4.18. The molecular weight excluding hydrogens is 320 g/mol. The van der Waals surface area contributed by atoms with Gasteiger partial charge in [-0.1, -0.05) is 18.2 Å². The molecule has 0 N–H and O–H groups in total. The van der Waals surface area contributed by atoms with Crippen molar-refractivity contribution >= 4 is 15.9 Å². The number of benzene rings is 1. The number of ether oxygens (including phenoxy) is 1. The van der Waals surface area contributed by atoms with E-state index in [1.165, 1.54) is 0 Å². The van der Waals surface area contributed by atoms with E-state index in [1.54, 1.807) is 17.2 Å². The Morgan fingerprint density at radius 2 is 1.95 bits per heavy atom. The van der Waals surface area contributed by atoms with Crippen LogP contribution in [-0.2, 0) is 0 Å². The average Bonchev–Trinajstić information content (AvgIpc) is 2.92. The number of aromatic nitrogens is 4. The van der Waals surface area contributed by atoms with E-state index < -0.39 is 0 Å². The molecule has 6 heteroatoms. The lowest BCUT2D eigenvalue weighted by Crippen LogP contribution is -1.96. The van der Waals surface area contributed by atoms with Crippen molar-refractivity contribution in [3.05, 3.63) is 59.0 Å². The highest BCUT2D eigenvalue weighted by molar-refractivity contribution is 9.10. The first kappa shape index (κ1) is 12.8. The molecule has 0 atom stereocenters. The van der Waals surface area contributed by atoms with E-state index in [0.29, 0.717) is 5.88 Å². The standard InChI is InChI=1S/C14H11BrN4O/c1-10-7-11(15)8-16-13(10)20-14-17-9-19(18-14)12-5-3-2-4-6-12/h2-9H,1H3. The number of nitrogens with zero attached hydrogens (tertiary/aromatic N) is 4. The Balaban J connectivity index is 1.84. The lowest BCUT2D eigenvalue weighted by Gasteiger charge is -2.03. The third kappa shape index (κ3) is 2.70. The smallest absolute Gasteiger partial charge is 0.342 e. The molecule has 0 amide bonds. The summed E-state index contributed by atoms with van der Waals surface area (Å²) in [5, 5.41) is 4.27. The summed E-state index contributed by atoms with van der Waals surface area (Å²) in [6.45, 7) is 1.92. The van der Waals surface area contributed by atoms with Gasteiger partial charge >= 0.3 is 6.01 Å². The number of para-hydroxylation sites is 1. The number of hydrogen-bond donors (Lipinski definition) is 0. The minimum atomic E-state index is 0.270. The Kier molecular flexibility index (Phi) is 3.47. The molecule has 0 saturated carbocycles. The predicted octanol–water partition coefficient (Wildman–Crippen LogP) is 3.53. The van der Waals surface area contributed by atoms with Crippen molar-refractivity contribution < 1.29 is 4.74 Å². The van der Waals surface area contributed by atoms with Gasteiger partial charge in [-0.25, -0.2) is 9.67 Å². The van der Waals surface area contributed by atoms with Crippen LogP contribution in [0.4, 0.5) is 0 Å². The minimum Gasteiger partial charge on any atom is -0.404 e. The van der Waals surface area contributed by atoms with Crippen LogP contribution >= 0.6 is 15.9 Å². The quantitative estimate of drug-likeness (QED) is 0.737. The number of aryl methyl sites for hydroxylation is 1. The van der Waals surface area contributed by atoms with E-state index in [0.717, 1.165) is 15.7 Å². The number of hydrogen-bond acceptors (Lipinski definition) is 4. The highest BCUT2D eigenvalue weighted by atomic mass is 79.9. The van der Waals surface area contributed by atoms with Gasteiger partial charge in [0.2, 0.25) is 5.88 Å². The molecule has 2 aromatic heterocycles. The van der Waals surface area contributed by atoms with Crippen LogP contribution in [0.25, 0.3) is 5.69 Å². The zero-order chi connectivity index (χ0) is 13.9. The lowest BCUT2D eigenvalue weighted by atomic mass is 10.3. The van der Waals surface area contributed by atoms with Crippen LogP contribution in [0, 0.1) is 6.92 Å². The van der Waals surface area contributed by atoms with Gasteiger partial charge in [0.25, 0.3) is 0 Å². The Labute approximate surface area is 124 Å². The van der Waals surface area contributed by atoms with E-state index >= 15 is 0 Å². The molecule has 0 aliphatic heterocycles. The maximum atomic E-state index is 5.59. The molecule has 3 rings (SSSR count). The fourth-order valence-electron chi connectivity index (χ4n) is 1.72. The molecule has 20 heavy (non-hydrogen) atoms. The molecule has 0 aliphatic carbocycles. The normalized spacial score (nSPS) is 10.5. The SMILES string of the molecule is Cc1cc(Br)cnc1Oc1ncn(-c2ccccc2)n1. The molecule has 0 fully saturated rings. The van der Waals surface area contributed by atoms with E-state index in [9.17, 15) is 0 Å². The molecular formula is C14H11BrN4O. The molecule has 0 bridgehead atoms. The summed E-state index contributed by atoms with van der Waals surface area (Å²) >= 11 is 3.36. The molecule has 0 saturated heterocycles. The van der Waals surface area contributed by atoms with Crippen LogP contribution in [-0.4, -0.2) is 19.7 Å². The van der Waals surface area contributed by atoms with Gasteiger partial charge in [0.1, 0.15) is 6.33 Å². The number of rotatable bonds is 3. The molecule has 0 unspecified atom stereocenters. The second kappa shape index (κ2) is 5.42. The fraction of sp³-hybridized carbons (Fsp3) is 0.0714. The topological polar surface area (TPSA) is 52.8 Å². The van der Waals surface area contributed by atoms with Gasteiger partial charge in [0.15, 0.2) is 0 Å². The molecule has 0 radical (unpaired) electrons. The first-order valence-electron chi connectivity index (χ1n) is 5.99. The monoisotopic (exact) mass is 330 g/mol. The minimum absolute atomic E-state index is 0.270. The van der Waals surface area contributed by atoms with E-state index in [2.05, 4.69) is 31.0 Å². The van der Waals surface area contributed by atoms with E-state index in [1.807, 2.05) is 43.3 Å². The summed E-state index contributed by atoms with van der Waals surface area (Å²) in [7, 11) is 0. The summed E-state index contributed by atoms with van der Waals surface area (Å²) < 4.78 is 8.16. The summed E-state index contributed by atoms with van der Waals surface area (Å²) in [6.07, 6.45) is 3.29. The Bertz CT molecular complexity index is 727.